The Morgan fingerprint density at radius 2 is 1.39 bits per heavy atom. The summed E-state index contributed by atoms with van der Waals surface area (Å²) in [6.45, 7) is -0.527. The SMILES string of the molecule is O=C(NC(CO)C(=O)OCCCC(c1ccc(F)cc1)c1ccc(F)cc1)c1ccccc1. The van der Waals surface area contributed by atoms with E-state index in [0.29, 0.717) is 18.4 Å². The first-order valence-corrected chi connectivity index (χ1v) is 10.6. The summed E-state index contributed by atoms with van der Waals surface area (Å²) in [6.07, 6.45) is 1.03. The second-order valence-electron chi connectivity index (χ2n) is 7.54. The van der Waals surface area contributed by atoms with Crippen molar-refractivity contribution in [3.8, 4) is 0 Å². The van der Waals surface area contributed by atoms with Crippen molar-refractivity contribution in [2.24, 2.45) is 0 Å². The Hall–Kier alpha value is -3.58. The number of amides is 1. The summed E-state index contributed by atoms with van der Waals surface area (Å²) >= 11 is 0. The van der Waals surface area contributed by atoms with Crippen LogP contribution in [0.3, 0.4) is 0 Å². The molecule has 3 aromatic carbocycles. The van der Waals surface area contributed by atoms with Crippen LogP contribution in [0.15, 0.2) is 78.9 Å². The lowest BCUT2D eigenvalue weighted by Crippen LogP contribution is -2.44. The van der Waals surface area contributed by atoms with Crippen LogP contribution >= 0.6 is 0 Å². The molecular formula is C26H25F2NO4. The van der Waals surface area contributed by atoms with E-state index < -0.39 is 24.5 Å². The molecule has 0 aliphatic heterocycles. The first kappa shape index (κ1) is 24.1. The van der Waals surface area contributed by atoms with Gasteiger partial charge in [-0.2, -0.15) is 0 Å². The fraction of sp³-hybridized carbons (Fsp3) is 0.231. The molecule has 2 N–H and O–H groups in total. The van der Waals surface area contributed by atoms with Crippen molar-refractivity contribution < 1.29 is 28.2 Å². The molecular weight excluding hydrogens is 428 g/mol. The van der Waals surface area contributed by atoms with Gasteiger partial charge in [-0.3, -0.25) is 4.79 Å². The van der Waals surface area contributed by atoms with Crippen LogP contribution in [0.2, 0.25) is 0 Å². The van der Waals surface area contributed by atoms with Gasteiger partial charge in [0.15, 0.2) is 6.04 Å². The van der Waals surface area contributed by atoms with Crippen LogP contribution in [0.1, 0.15) is 40.2 Å². The van der Waals surface area contributed by atoms with E-state index in [0.717, 1.165) is 11.1 Å². The molecule has 33 heavy (non-hydrogen) atoms. The van der Waals surface area contributed by atoms with Crippen LogP contribution in [0.5, 0.6) is 0 Å². The van der Waals surface area contributed by atoms with Gasteiger partial charge in [0.25, 0.3) is 5.91 Å². The summed E-state index contributed by atoms with van der Waals surface area (Å²) in [7, 11) is 0. The molecule has 1 unspecified atom stereocenters. The average Bonchev–Trinajstić information content (AvgIpc) is 2.84. The molecule has 172 valence electrons. The van der Waals surface area contributed by atoms with Crippen molar-refractivity contribution in [2.75, 3.05) is 13.2 Å². The number of benzene rings is 3. The largest absolute Gasteiger partial charge is 0.464 e. The lowest BCUT2D eigenvalue weighted by atomic mass is 9.87. The Labute approximate surface area is 191 Å². The highest BCUT2D eigenvalue weighted by Crippen LogP contribution is 2.29. The van der Waals surface area contributed by atoms with Crippen molar-refractivity contribution in [1.82, 2.24) is 5.32 Å². The van der Waals surface area contributed by atoms with Gasteiger partial charge in [-0.1, -0.05) is 42.5 Å². The predicted octanol–water partition coefficient (Wildman–Crippen LogP) is 4.21. The van der Waals surface area contributed by atoms with Crippen LogP contribution in [0.4, 0.5) is 8.78 Å². The van der Waals surface area contributed by atoms with E-state index in [1.54, 1.807) is 54.6 Å². The van der Waals surface area contributed by atoms with Gasteiger partial charge in [0, 0.05) is 11.5 Å². The predicted molar refractivity (Wildman–Crippen MR) is 120 cm³/mol. The fourth-order valence-corrected chi connectivity index (χ4v) is 3.49. The highest BCUT2D eigenvalue weighted by Gasteiger charge is 2.22. The lowest BCUT2D eigenvalue weighted by molar-refractivity contribution is -0.147. The third kappa shape index (κ3) is 6.95. The van der Waals surface area contributed by atoms with E-state index in [9.17, 15) is 23.5 Å². The molecule has 1 amide bonds. The van der Waals surface area contributed by atoms with Gasteiger partial charge in [-0.15, -0.1) is 0 Å². The van der Waals surface area contributed by atoms with Crippen molar-refractivity contribution >= 4 is 11.9 Å². The minimum Gasteiger partial charge on any atom is -0.464 e. The van der Waals surface area contributed by atoms with E-state index >= 15 is 0 Å². The number of carbonyl (C=O) groups excluding carboxylic acids is 2. The number of halogens is 2. The number of ether oxygens (including phenoxy) is 1. The molecule has 0 saturated carbocycles. The number of rotatable bonds is 10. The monoisotopic (exact) mass is 453 g/mol. The van der Waals surface area contributed by atoms with E-state index in [1.807, 2.05) is 0 Å². The Morgan fingerprint density at radius 1 is 0.848 bits per heavy atom. The number of hydrogen-bond acceptors (Lipinski definition) is 4. The molecule has 1 atom stereocenters. The molecule has 0 heterocycles. The second-order valence-corrected chi connectivity index (χ2v) is 7.54. The molecule has 0 aliphatic carbocycles. The normalized spacial score (nSPS) is 11.8. The van der Waals surface area contributed by atoms with Gasteiger partial charge < -0.3 is 15.2 Å². The second kappa shape index (κ2) is 11.9. The third-order valence-corrected chi connectivity index (χ3v) is 5.23. The number of carbonyl (C=O) groups is 2. The number of esters is 1. The van der Waals surface area contributed by atoms with E-state index in [2.05, 4.69) is 5.32 Å². The molecule has 3 rings (SSSR count). The molecule has 0 saturated heterocycles. The highest BCUT2D eigenvalue weighted by molar-refractivity contribution is 5.96. The fourth-order valence-electron chi connectivity index (χ4n) is 3.49. The van der Waals surface area contributed by atoms with Crippen LogP contribution in [0.25, 0.3) is 0 Å². The Bertz CT molecular complexity index is 995. The van der Waals surface area contributed by atoms with Gasteiger partial charge in [0.1, 0.15) is 11.6 Å². The molecule has 0 radical (unpaired) electrons. The van der Waals surface area contributed by atoms with Crippen LogP contribution in [-0.2, 0) is 9.53 Å². The standard InChI is InChI=1S/C26H25F2NO4/c27-21-12-8-18(9-13-21)23(19-10-14-22(28)15-11-19)7-4-16-33-26(32)24(17-30)29-25(31)20-5-2-1-3-6-20/h1-3,5-6,8-15,23-24,30H,4,7,16-17H2,(H,29,31). The molecule has 3 aromatic rings. The minimum absolute atomic E-state index is 0.0649. The first-order chi connectivity index (χ1) is 16.0. The average molecular weight is 453 g/mol. The maximum absolute atomic E-state index is 13.4. The van der Waals surface area contributed by atoms with Crippen molar-refractivity contribution in [3.63, 3.8) is 0 Å². The van der Waals surface area contributed by atoms with Crippen LogP contribution < -0.4 is 5.32 Å². The summed E-state index contributed by atoms with van der Waals surface area (Å²) < 4.78 is 32.0. The van der Waals surface area contributed by atoms with Gasteiger partial charge in [0.05, 0.1) is 13.2 Å². The zero-order chi connectivity index (χ0) is 23.6. The molecule has 0 fully saturated rings. The minimum atomic E-state index is -1.18. The van der Waals surface area contributed by atoms with E-state index in [4.69, 9.17) is 4.74 Å². The Kier molecular flexibility index (Phi) is 8.66. The molecule has 0 bridgehead atoms. The Morgan fingerprint density at radius 3 is 1.91 bits per heavy atom. The van der Waals surface area contributed by atoms with Gasteiger partial charge in [-0.25, -0.2) is 13.6 Å². The van der Waals surface area contributed by atoms with Crippen molar-refractivity contribution in [3.05, 3.63) is 107 Å². The first-order valence-electron chi connectivity index (χ1n) is 10.6. The maximum Gasteiger partial charge on any atom is 0.331 e. The molecule has 0 spiro atoms. The zero-order valence-electron chi connectivity index (χ0n) is 17.9. The summed E-state index contributed by atoms with van der Waals surface area (Å²) in [5, 5.41) is 12.0. The highest BCUT2D eigenvalue weighted by atomic mass is 19.1. The lowest BCUT2D eigenvalue weighted by Gasteiger charge is -2.19. The Balaban J connectivity index is 1.56. The summed E-state index contributed by atoms with van der Waals surface area (Å²) in [4.78, 5) is 24.5. The number of hydrogen-bond donors (Lipinski definition) is 2. The van der Waals surface area contributed by atoms with Crippen molar-refractivity contribution in [2.45, 2.75) is 24.8 Å². The van der Waals surface area contributed by atoms with Gasteiger partial charge in [0.2, 0.25) is 0 Å². The van der Waals surface area contributed by atoms with Crippen molar-refractivity contribution in [1.29, 1.82) is 0 Å². The topological polar surface area (TPSA) is 75.6 Å². The zero-order valence-corrected chi connectivity index (χ0v) is 17.9. The summed E-state index contributed by atoms with van der Waals surface area (Å²) in [6, 6.07) is 19.3. The third-order valence-electron chi connectivity index (χ3n) is 5.23. The smallest absolute Gasteiger partial charge is 0.331 e. The molecule has 5 nitrogen and oxygen atoms in total. The maximum atomic E-state index is 13.4. The molecule has 0 aromatic heterocycles. The van der Waals surface area contributed by atoms with Crippen LogP contribution in [-0.4, -0.2) is 36.2 Å². The number of aliphatic hydroxyl groups is 1. The summed E-state index contributed by atoms with van der Waals surface area (Å²) in [5.41, 5.74) is 2.08. The molecule has 0 aliphatic rings. The summed E-state index contributed by atoms with van der Waals surface area (Å²) in [5.74, 6) is -2.06. The quantitative estimate of drug-likeness (QED) is 0.356. The van der Waals surface area contributed by atoms with Crippen LogP contribution in [0, 0.1) is 11.6 Å². The van der Waals surface area contributed by atoms with E-state index in [1.165, 1.54) is 24.3 Å². The van der Waals surface area contributed by atoms with E-state index in [-0.39, 0.29) is 24.2 Å². The molecule has 7 heteroatoms. The number of aliphatic hydroxyl groups excluding tert-OH is 1. The van der Waals surface area contributed by atoms with Gasteiger partial charge >= 0.3 is 5.97 Å². The van der Waals surface area contributed by atoms with Gasteiger partial charge in [-0.05, 0) is 60.4 Å². The number of nitrogens with one attached hydrogen (secondary N) is 1.